The average molecular weight is 354 g/mol. The van der Waals surface area contributed by atoms with E-state index in [9.17, 15) is 0 Å². The molecule has 0 bridgehead atoms. The number of hydrogen-bond acceptors (Lipinski definition) is 8. The summed E-state index contributed by atoms with van der Waals surface area (Å²) in [5.41, 5.74) is 0.735. The first-order valence-electron chi connectivity index (χ1n) is 6.34. The van der Waals surface area contributed by atoms with Gasteiger partial charge in [0.05, 0.1) is 16.3 Å². The van der Waals surface area contributed by atoms with Crippen molar-refractivity contribution in [2.75, 3.05) is 19.0 Å². The summed E-state index contributed by atoms with van der Waals surface area (Å²) >= 11 is 9.17. The fourth-order valence-corrected chi connectivity index (χ4v) is 3.45. The Morgan fingerprint density at radius 1 is 1.27 bits per heavy atom. The summed E-state index contributed by atoms with van der Waals surface area (Å²) in [4.78, 5) is 6.28. The molecule has 114 valence electrons. The monoisotopic (exact) mass is 353 g/mol. The maximum absolute atomic E-state index is 6.12. The Labute approximate surface area is 140 Å². The molecule has 0 saturated heterocycles. The lowest BCUT2D eigenvalue weighted by Crippen LogP contribution is -2.07. The summed E-state index contributed by atoms with van der Waals surface area (Å²) in [6.07, 6.45) is 0. The van der Waals surface area contributed by atoms with Crippen LogP contribution in [0.2, 0.25) is 5.02 Å². The molecule has 0 aliphatic rings. The number of benzene rings is 1. The largest absolute Gasteiger partial charge is 0.353 e. The Morgan fingerprint density at radius 2 is 2.09 bits per heavy atom. The van der Waals surface area contributed by atoms with Crippen molar-refractivity contribution >= 4 is 39.8 Å². The molecule has 0 spiro atoms. The van der Waals surface area contributed by atoms with Gasteiger partial charge in [-0.3, -0.25) is 0 Å². The molecule has 3 rings (SSSR count). The zero-order valence-electron chi connectivity index (χ0n) is 11.9. The predicted molar refractivity (Wildman–Crippen MR) is 88.5 cm³/mol. The second-order valence-corrected chi connectivity index (χ2v) is 7.11. The van der Waals surface area contributed by atoms with Gasteiger partial charge in [0.1, 0.15) is 0 Å². The van der Waals surface area contributed by atoms with Crippen molar-refractivity contribution < 1.29 is 4.52 Å². The Hall–Kier alpha value is -1.64. The molecule has 0 amide bonds. The highest BCUT2D eigenvalue weighted by atomic mass is 35.5. The van der Waals surface area contributed by atoms with Crippen LogP contribution in [0.4, 0.5) is 5.13 Å². The molecule has 0 aliphatic heterocycles. The van der Waals surface area contributed by atoms with Gasteiger partial charge in [-0.05, 0) is 12.1 Å². The van der Waals surface area contributed by atoms with E-state index in [0.717, 1.165) is 15.0 Å². The fraction of sp³-hybridized carbons (Fsp3) is 0.231. The molecule has 3 aromatic rings. The van der Waals surface area contributed by atoms with Crippen molar-refractivity contribution in [1.82, 2.24) is 20.3 Å². The minimum Gasteiger partial charge on any atom is -0.353 e. The van der Waals surface area contributed by atoms with E-state index >= 15 is 0 Å². The number of aromatic nitrogens is 4. The SMILES string of the molecule is CN(C)c1nnc(SCc2noc(-c3ccccc3Cl)n2)s1. The standard InChI is InChI=1S/C13H12ClN5OS2/c1-19(2)12-16-17-13(22-12)21-7-10-15-11(20-18-10)8-5-3-4-6-9(8)14/h3-6H,7H2,1-2H3. The van der Waals surface area contributed by atoms with Crippen LogP contribution in [-0.4, -0.2) is 34.4 Å². The average Bonchev–Trinajstić information content (AvgIpc) is 3.15. The van der Waals surface area contributed by atoms with E-state index < -0.39 is 0 Å². The van der Waals surface area contributed by atoms with Crippen LogP contribution in [-0.2, 0) is 5.75 Å². The van der Waals surface area contributed by atoms with Crippen LogP contribution >= 0.6 is 34.7 Å². The van der Waals surface area contributed by atoms with Crippen molar-refractivity contribution in [2.45, 2.75) is 10.1 Å². The van der Waals surface area contributed by atoms with Gasteiger partial charge in [-0.25, -0.2) is 0 Å². The Balaban J connectivity index is 1.68. The van der Waals surface area contributed by atoms with E-state index in [-0.39, 0.29) is 0 Å². The van der Waals surface area contributed by atoms with E-state index in [1.165, 1.54) is 23.1 Å². The molecule has 0 radical (unpaired) electrons. The molecule has 1 aromatic carbocycles. The van der Waals surface area contributed by atoms with Gasteiger partial charge in [0.25, 0.3) is 5.89 Å². The summed E-state index contributed by atoms with van der Waals surface area (Å²) in [5.74, 6) is 1.59. The molecular weight excluding hydrogens is 342 g/mol. The molecule has 9 heteroatoms. The van der Waals surface area contributed by atoms with Crippen molar-refractivity contribution in [3.05, 3.63) is 35.1 Å². The van der Waals surface area contributed by atoms with E-state index in [1.807, 2.05) is 37.2 Å². The maximum atomic E-state index is 6.12. The third kappa shape index (κ3) is 3.40. The third-order valence-electron chi connectivity index (χ3n) is 2.68. The number of hydrogen-bond donors (Lipinski definition) is 0. The van der Waals surface area contributed by atoms with Gasteiger partial charge in [-0.15, -0.1) is 10.2 Å². The van der Waals surface area contributed by atoms with E-state index in [2.05, 4.69) is 20.3 Å². The van der Waals surface area contributed by atoms with Crippen LogP contribution in [0.15, 0.2) is 33.1 Å². The lowest BCUT2D eigenvalue weighted by Gasteiger charge is -2.03. The smallest absolute Gasteiger partial charge is 0.259 e. The number of thioether (sulfide) groups is 1. The van der Waals surface area contributed by atoms with Gasteiger partial charge in [0, 0.05) is 14.1 Å². The Morgan fingerprint density at radius 3 is 2.82 bits per heavy atom. The molecule has 0 saturated carbocycles. The minimum atomic E-state index is 0.424. The van der Waals surface area contributed by atoms with Gasteiger partial charge in [-0.1, -0.05) is 52.0 Å². The number of nitrogens with zero attached hydrogens (tertiary/aromatic N) is 5. The van der Waals surface area contributed by atoms with Gasteiger partial charge in [0.15, 0.2) is 10.2 Å². The van der Waals surface area contributed by atoms with Crippen LogP contribution in [0.5, 0.6) is 0 Å². The highest BCUT2D eigenvalue weighted by molar-refractivity contribution is 8.00. The van der Waals surface area contributed by atoms with Crippen molar-refractivity contribution in [2.24, 2.45) is 0 Å². The summed E-state index contributed by atoms with van der Waals surface area (Å²) < 4.78 is 6.13. The molecule has 0 N–H and O–H groups in total. The van der Waals surface area contributed by atoms with E-state index in [4.69, 9.17) is 16.1 Å². The molecule has 6 nitrogen and oxygen atoms in total. The first kappa shape index (κ1) is 15.3. The van der Waals surface area contributed by atoms with Crippen LogP contribution in [0.1, 0.15) is 5.82 Å². The molecular formula is C13H12ClN5OS2. The molecule has 0 unspecified atom stereocenters. The minimum absolute atomic E-state index is 0.424. The van der Waals surface area contributed by atoms with Gasteiger partial charge in [0.2, 0.25) is 5.13 Å². The second-order valence-electron chi connectivity index (χ2n) is 4.53. The first-order chi connectivity index (χ1) is 10.6. The van der Waals surface area contributed by atoms with Gasteiger partial charge in [-0.2, -0.15) is 4.98 Å². The van der Waals surface area contributed by atoms with E-state index in [0.29, 0.717) is 22.5 Å². The van der Waals surface area contributed by atoms with Crippen molar-refractivity contribution in [3.63, 3.8) is 0 Å². The van der Waals surface area contributed by atoms with Gasteiger partial charge < -0.3 is 9.42 Å². The predicted octanol–water partition coefficient (Wildman–Crippen LogP) is 3.60. The quantitative estimate of drug-likeness (QED) is 0.649. The molecule has 0 fully saturated rings. The highest BCUT2D eigenvalue weighted by Crippen LogP contribution is 2.30. The van der Waals surface area contributed by atoms with E-state index in [1.54, 1.807) is 6.07 Å². The summed E-state index contributed by atoms with van der Waals surface area (Å²) in [6, 6.07) is 7.38. The normalized spacial score (nSPS) is 10.9. The zero-order valence-corrected chi connectivity index (χ0v) is 14.2. The molecule has 2 aromatic heterocycles. The molecule has 22 heavy (non-hydrogen) atoms. The zero-order chi connectivity index (χ0) is 15.5. The number of rotatable bonds is 5. The van der Waals surface area contributed by atoms with Crippen molar-refractivity contribution in [1.29, 1.82) is 0 Å². The summed E-state index contributed by atoms with van der Waals surface area (Å²) in [6.45, 7) is 0. The number of anilines is 1. The molecule has 0 atom stereocenters. The van der Waals surface area contributed by atoms with Crippen LogP contribution in [0.25, 0.3) is 11.5 Å². The lowest BCUT2D eigenvalue weighted by atomic mass is 10.2. The van der Waals surface area contributed by atoms with Crippen LogP contribution in [0.3, 0.4) is 0 Å². The summed E-state index contributed by atoms with van der Waals surface area (Å²) in [5, 5.41) is 13.6. The third-order valence-corrected chi connectivity index (χ3v) is 5.23. The summed E-state index contributed by atoms with van der Waals surface area (Å²) in [7, 11) is 3.87. The molecule has 2 heterocycles. The fourth-order valence-electron chi connectivity index (χ4n) is 1.62. The van der Waals surface area contributed by atoms with Gasteiger partial charge >= 0.3 is 0 Å². The van der Waals surface area contributed by atoms with Crippen LogP contribution < -0.4 is 4.90 Å². The molecule has 0 aliphatic carbocycles. The van der Waals surface area contributed by atoms with Crippen molar-refractivity contribution in [3.8, 4) is 11.5 Å². The first-order valence-corrected chi connectivity index (χ1v) is 8.52. The Kier molecular flexibility index (Phi) is 4.60. The topological polar surface area (TPSA) is 67.9 Å². The lowest BCUT2D eigenvalue weighted by molar-refractivity contribution is 0.425. The highest BCUT2D eigenvalue weighted by Gasteiger charge is 2.13. The Bertz CT molecular complexity index is 773. The second kappa shape index (κ2) is 6.64. The number of halogens is 1. The van der Waals surface area contributed by atoms with Crippen LogP contribution in [0, 0.1) is 0 Å². The maximum Gasteiger partial charge on any atom is 0.259 e.